The fourth-order valence-corrected chi connectivity index (χ4v) is 15.7. The third-order valence-electron chi connectivity index (χ3n) is 20.0. The minimum Gasteiger partial charge on any atom is -0.412 e. The van der Waals surface area contributed by atoms with Gasteiger partial charge < -0.3 is 131 Å². The summed E-state index contributed by atoms with van der Waals surface area (Å²) in [6.07, 6.45) is 0. The van der Waals surface area contributed by atoms with Crippen molar-refractivity contribution in [2.45, 2.75) is 0 Å². The molecule has 0 unspecified atom stereocenters. The average Bonchev–Trinajstić information content (AvgIpc) is 0.731. The summed E-state index contributed by atoms with van der Waals surface area (Å²) in [6, 6.07) is 145. The van der Waals surface area contributed by atoms with E-state index in [1.807, 2.05) is 97.1 Å². The summed E-state index contributed by atoms with van der Waals surface area (Å²) in [5.74, 6) is 0. The van der Waals surface area contributed by atoms with Gasteiger partial charge in [0.2, 0.25) is 0 Å². The summed E-state index contributed by atoms with van der Waals surface area (Å²) < 4.78 is 0. The van der Waals surface area contributed by atoms with Crippen molar-refractivity contribution in [3.8, 4) is 22.3 Å². The van der Waals surface area contributed by atoms with Crippen molar-refractivity contribution in [3.63, 3.8) is 0 Å². The molecule has 0 spiro atoms. The zero-order valence-electron chi connectivity index (χ0n) is 67.8. The molecule has 0 radical (unpaired) electrons. The van der Waals surface area contributed by atoms with E-state index in [0.717, 1.165) is 22.3 Å². The Morgan fingerprint density at radius 3 is 0.325 bits per heavy atom. The number of rotatable bonds is 2. The van der Waals surface area contributed by atoms with Gasteiger partial charge in [-0.1, -0.05) is 279 Å². The second-order valence-corrected chi connectivity index (χ2v) is 25.7. The van der Waals surface area contributed by atoms with E-state index in [1.54, 1.807) is 0 Å². The molecule has 0 aliphatic rings. The van der Waals surface area contributed by atoms with Crippen LogP contribution < -0.4 is 0 Å². The molecule has 0 atom stereocenters. The van der Waals surface area contributed by atoms with Crippen LogP contribution in [0.5, 0.6) is 0 Å². The van der Waals surface area contributed by atoms with E-state index in [0.29, 0.717) is 0 Å². The second kappa shape index (κ2) is 58.4. The van der Waals surface area contributed by atoms with E-state index in [4.69, 9.17) is 0 Å². The molecule has 26 heteroatoms. The van der Waals surface area contributed by atoms with Crippen LogP contribution in [-0.2, 0) is 0 Å². The summed E-state index contributed by atoms with van der Waals surface area (Å²) in [5, 5.41) is 40.8. The van der Waals surface area contributed by atoms with Crippen LogP contribution in [0.25, 0.3) is 184 Å². The average molecular weight is 2170 g/mol. The van der Waals surface area contributed by atoms with Gasteiger partial charge in [-0.15, -0.1) is 24.3 Å². The maximum absolute atomic E-state index is 3.15. The topological polar surface area (TPSA) is 756 Å². The minimum absolute atomic E-state index is 0. The molecule has 0 aliphatic carbocycles. The third-order valence-corrected chi connectivity index (χ3v) is 20.0. The minimum atomic E-state index is 0. The van der Waals surface area contributed by atoms with Crippen LogP contribution in [0.4, 0.5) is 0 Å². The molecule has 23 aromatic carbocycles. The molecule has 0 saturated heterocycles. The van der Waals surface area contributed by atoms with Gasteiger partial charge in [0.1, 0.15) is 0 Å². The van der Waals surface area contributed by atoms with Crippen molar-refractivity contribution < 1.29 is 194 Å². The monoisotopic (exact) mass is 2170 g/mol. The van der Waals surface area contributed by atoms with E-state index in [2.05, 4.69) is 303 Å². The molecule has 0 amide bonds. The van der Waals surface area contributed by atoms with E-state index in [-0.39, 0.29) is 194 Å². The predicted octanol–water partition coefficient (Wildman–Crippen LogP) is 7.91. The zero-order chi connectivity index (χ0) is 66.3. The number of hydrogen-bond donors (Lipinski definition) is 0. The first-order valence-electron chi connectivity index (χ1n) is 34.3. The molecule has 0 saturated carbocycles. The third kappa shape index (κ3) is 24.4. The maximum Gasteiger partial charge on any atom is 2.00 e. The van der Waals surface area contributed by atoms with Crippen molar-refractivity contribution in [1.82, 2.24) is 0 Å². The van der Waals surface area contributed by atoms with Gasteiger partial charge in [-0.05, 0) is 162 Å². The normalized spacial score (nSPS) is 9.05. The largest absolute Gasteiger partial charge is 2.00 e. The first-order valence-corrected chi connectivity index (χ1v) is 34.3. The summed E-state index contributed by atoms with van der Waals surface area (Å²) in [7, 11) is 0. The molecule has 0 bridgehead atoms. The Hall–Kier alpha value is -11.9. The second-order valence-electron chi connectivity index (χ2n) is 25.7. The molecule has 23 rings (SSSR count). The van der Waals surface area contributed by atoms with Crippen molar-refractivity contribution in [3.05, 3.63) is 400 Å². The zero-order valence-corrected chi connectivity index (χ0v) is 76.1. The van der Waals surface area contributed by atoms with Gasteiger partial charge in [-0.25, -0.2) is 22.3 Å². The van der Waals surface area contributed by atoms with Crippen molar-refractivity contribution in [2.75, 3.05) is 0 Å². The van der Waals surface area contributed by atoms with E-state index < -0.39 is 0 Å². The molecular weight excluding hydrogens is 2060 g/mol. The van der Waals surface area contributed by atoms with Crippen molar-refractivity contribution in [1.29, 1.82) is 0 Å². The molecule has 662 valence electrons. The van der Waals surface area contributed by atoms with Crippen LogP contribution in [0.15, 0.2) is 376 Å². The van der Waals surface area contributed by atoms with Gasteiger partial charge in [0.25, 0.3) is 0 Å². The van der Waals surface area contributed by atoms with Crippen molar-refractivity contribution >= 4 is 162 Å². The Labute approximate surface area is 771 Å². The van der Waals surface area contributed by atoms with Crippen LogP contribution in [-0.4, -0.2) is 131 Å². The Morgan fingerprint density at radius 1 is 0.103 bits per heavy atom. The quantitative estimate of drug-likeness (QED) is 0.0904. The molecule has 0 heterocycles. The summed E-state index contributed by atoms with van der Waals surface area (Å²) in [5.41, 5.74) is 4.38. The molecule has 24 nitrogen and oxygen atoms in total. The Kier molecular flexibility index (Phi) is 61.2. The number of benzene rings is 23. The van der Waals surface area contributed by atoms with Gasteiger partial charge in [-0.2, -0.15) is 97.1 Å². The summed E-state index contributed by atoms with van der Waals surface area (Å²) in [4.78, 5) is 0. The van der Waals surface area contributed by atoms with E-state index >= 15 is 0 Å². The Morgan fingerprint density at radius 2 is 0.214 bits per heavy atom. The smallest absolute Gasteiger partial charge is 0.412 e. The van der Waals surface area contributed by atoms with Crippen LogP contribution in [0.1, 0.15) is 0 Å². The molecule has 0 aliphatic heterocycles. The molecular formula is C100H110O24U2. The van der Waals surface area contributed by atoms with Gasteiger partial charge >= 0.3 is 62.2 Å². The van der Waals surface area contributed by atoms with Crippen LogP contribution in [0, 0.1) is 86.5 Å². The SMILES string of the molecule is O.O.O.O.O.O.O.O.O.O.O.O.O.O.O.O.O.O.O.O.O.O.O.O.[U+2].[U+2].[c-]1ccccc1-c1[c-]cccc1.[c-]1ccccc1-c1[c-]cccc1.c1cc2ccc3cccc4ccc(c1)c2c34.c1cc2cccc3c4cccc5cccc(c(c1)c23)c54.c1cc2cccc3c4cccc5cccc(c(c1)c23)c54.c1cc2cccc3c4cccc5cccc(c(c1)c23)c54. The molecule has 23 aromatic rings. The molecule has 48 N–H and O–H groups in total. The molecule has 0 fully saturated rings. The maximum atomic E-state index is 3.15. The Bertz CT molecular complexity index is 5680. The first kappa shape index (κ1) is 132. The van der Waals surface area contributed by atoms with Gasteiger partial charge in [0.15, 0.2) is 0 Å². The van der Waals surface area contributed by atoms with E-state index in [1.165, 1.54) is 162 Å². The van der Waals surface area contributed by atoms with Crippen molar-refractivity contribution in [2.24, 2.45) is 0 Å². The summed E-state index contributed by atoms with van der Waals surface area (Å²) in [6.45, 7) is 0. The number of hydrogen-bond acceptors (Lipinski definition) is 0. The standard InChI is InChI=1S/3C20H12.C16H10.2C12H8.24H2O.2U/c3*1-5-13-6-2-11-17-18-12-4-8-14-7-3-10-16(20(14)18)15(9-1)19(13)17;1-3-11-7-9-13-5-2-6-14-10-8-12(4-1)15(11)16(13)14;2*1-3-7-11(8-4-1)12-9-5-2-6-10-12;;;;;;;;;;;;;;;;;;;;;;;;;;/h3*1-12H;1-10H;2*1-7,9H;24*1H2;;/q;;;;2*-2;;;;;;;;;;;;;;;;;;;;;;;;;2*+2. The van der Waals surface area contributed by atoms with Crippen LogP contribution >= 0.6 is 0 Å². The first-order chi connectivity index (χ1) is 49.7. The van der Waals surface area contributed by atoms with Gasteiger partial charge in [0.05, 0.1) is 0 Å². The fraction of sp³-hybridized carbons (Fsp3) is 0. The van der Waals surface area contributed by atoms with Crippen LogP contribution in [0.2, 0.25) is 0 Å². The Balaban J connectivity index is -0.000000181. The van der Waals surface area contributed by atoms with Gasteiger partial charge in [-0.3, -0.25) is 0 Å². The fourth-order valence-electron chi connectivity index (χ4n) is 15.7. The summed E-state index contributed by atoms with van der Waals surface area (Å²) >= 11 is 0. The predicted molar refractivity (Wildman–Crippen MR) is 519 cm³/mol. The van der Waals surface area contributed by atoms with E-state index in [9.17, 15) is 0 Å². The number of fused-ring (bicyclic) bond motifs is 6. The molecule has 0 aromatic heterocycles. The van der Waals surface area contributed by atoms with Gasteiger partial charge in [0, 0.05) is 0 Å². The van der Waals surface area contributed by atoms with Crippen LogP contribution in [0.3, 0.4) is 0 Å². The molecule has 126 heavy (non-hydrogen) atoms.